The third kappa shape index (κ3) is 3.27. The van der Waals surface area contributed by atoms with E-state index in [1.807, 2.05) is 30.3 Å². The molecule has 0 radical (unpaired) electrons. The largest absolute Gasteiger partial charge is 0.304 e. The van der Waals surface area contributed by atoms with Crippen LogP contribution in [0.5, 0.6) is 0 Å². The first-order chi connectivity index (χ1) is 8.58. The Hall–Kier alpha value is -0.540. The van der Waals surface area contributed by atoms with E-state index in [-0.39, 0.29) is 12.1 Å². The van der Waals surface area contributed by atoms with E-state index >= 15 is 0 Å². The van der Waals surface area contributed by atoms with Crippen LogP contribution in [-0.4, -0.2) is 0 Å². The van der Waals surface area contributed by atoms with E-state index in [2.05, 4.69) is 24.5 Å². The number of halogens is 2. The highest BCUT2D eigenvalue weighted by Gasteiger charge is 2.14. The molecule has 0 fully saturated rings. The van der Waals surface area contributed by atoms with Gasteiger partial charge in [-0.15, -0.1) is 11.3 Å². The Bertz CT molecular complexity index is 524. The lowest BCUT2D eigenvalue weighted by molar-refractivity contribution is 0.496. The van der Waals surface area contributed by atoms with Crippen LogP contribution in [0.1, 0.15) is 37.1 Å². The monoisotopic (exact) mass is 299 g/mol. The third-order valence-corrected chi connectivity index (χ3v) is 4.41. The summed E-state index contributed by atoms with van der Waals surface area (Å²) in [5, 5.41) is 6.41. The van der Waals surface area contributed by atoms with Gasteiger partial charge in [-0.25, -0.2) is 0 Å². The molecule has 96 valence electrons. The lowest BCUT2D eigenvalue weighted by atomic mass is 10.1. The zero-order valence-electron chi connectivity index (χ0n) is 10.3. The van der Waals surface area contributed by atoms with Gasteiger partial charge in [0.25, 0.3) is 0 Å². The molecule has 18 heavy (non-hydrogen) atoms. The summed E-state index contributed by atoms with van der Waals surface area (Å²) in [4.78, 5) is 0. The van der Waals surface area contributed by atoms with Gasteiger partial charge >= 0.3 is 0 Å². The van der Waals surface area contributed by atoms with Crippen molar-refractivity contribution in [2.45, 2.75) is 25.9 Å². The maximum atomic E-state index is 6.19. The van der Waals surface area contributed by atoms with E-state index in [9.17, 15) is 0 Å². The summed E-state index contributed by atoms with van der Waals surface area (Å²) in [6.45, 7) is 4.25. The summed E-state index contributed by atoms with van der Waals surface area (Å²) in [6, 6.07) is 10.4. The van der Waals surface area contributed by atoms with Crippen LogP contribution >= 0.6 is 34.5 Å². The van der Waals surface area contributed by atoms with Crippen LogP contribution < -0.4 is 5.32 Å². The van der Waals surface area contributed by atoms with Crippen LogP contribution in [0, 0.1) is 0 Å². The fourth-order valence-corrected chi connectivity index (χ4v) is 3.22. The van der Waals surface area contributed by atoms with Crippen LogP contribution in [0.2, 0.25) is 9.36 Å². The molecule has 0 saturated heterocycles. The molecule has 0 saturated carbocycles. The number of nitrogens with one attached hydrogen (secondary N) is 1. The van der Waals surface area contributed by atoms with Crippen LogP contribution in [0.3, 0.4) is 0 Å². The molecule has 4 heteroatoms. The second-order valence-corrected chi connectivity index (χ2v) is 6.27. The molecule has 0 spiro atoms. The maximum Gasteiger partial charge on any atom is 0.0931 e. The van der Waals surface area contributed by atoms with E-state index in [1.54, 1.807) is 11.3 Å². The summed E-state index contributed by atoms with van der Waals surface area (Å²) in [5.41, 5.74) is 2.33. The smallest absolute Gasteiger partial charge is 0.0931 e. The summed E-state index contributed by atoms with van der Waals surface area (Å²) in [6.07, 6.45) is 0. The van der Waals surface area contributed by atoms with Crippen molar-refractivity contribution in [3.8, 4) is 0 Å². The minimum atomic E-state index is 0.201. The molecular formula is C14H15Cl2NS. The Kier molecular flexibility index (Phi) is 4.68. The molecule has 1 aromatic carbocycles. The first-order valence-electron chi connectivity index (χ1n) is 5.82. The second kappa shape index (κ2) is 6.07. The number of rotatable bonds is 4. The minimum Gasteiger partial charge on any atom is -0.304 e. The van der Waals surface area contributed by atoms with Crippen molar-refractivity contribution in [1.82, 2.24) is 5.32 Å². The fourth-order valence-electron chi connectivity index (χ4n) is 1.94. The van der Waals surface area contributed by atoms with E-state index in [1.165, 1.54) is 5.56 Å². The van der Waals surface area contributed by atoms with E-state index in [0.717, 1.165) is 14.9 Å². The first kappa shape index (κ1) is 13.9. The molecule has 0 aliphatic heterocycles. The van der Waals surface area contributed by atoms with Crippen molar-refractivity contribution in [1.29, 1.82) is 0 Å². The van der Waals surface area contributed by atoms with Crippen LogP contribution in [0.15, 0.2) is 35.7 Å². The van der Waals surface area contributed by atoms with Crippen molar-refractivity contribution >= 4 is 34.5 Å². The Labute approximate surface area is 122 Å². The molecule has 0 aliphatic rings. The van der Waals surface area contributed by atoms with Gasteiger partial charge in [0.2, 0.25) is 0 Å². The average molecular weight is 300 g/mol. The van der Waals surface area contributed by atoms with E-state index in [0.29, 0.717) is 0 Å². The van der Waals surface area contributed by atoms with Gasteiger partial charge in [-0.3, -0.25) is 0 Å². The lowest BCUT2D eigenvalue weighted by Gasteiger charge is -2.20. The standard InChI is InChI=1S/C14H15Cl2NS/c1-9(11-7-14(16)18-8-11)17-10(2)12-5-3-4-6-13(12)15/h3-10,17H,1-2H3/t9?,10-/m1/s1. The molecule has 2 aromatic rings. The first-order valence-corrected chi connectivity index (χ1v) is 7.46. The van der Waals surface area contributed by atoms with E-state index < -0.39 is 0 Å². The Balaban J connectivity index is 2.08. The molecule has 2 rings (SSSR count). The second-order valence-electron chi connectivity index (χ2n) is 4.32. The number of hydrogen-bond acceptors (Lipinski definition) is 2. The molecule has 1 unspecified atom stereocenters. The number of benzene rings is 1. The maximum absolute atomic E-state index is 6.19. The Morgan fingerprint density at radius 2 is 1.83 bits per heavy atom. The zero-order chi connectivity index (χ0) is 13.1. The number of hydrogen-bond donors (Lipinski definition) is 1. The quantitative estimate of drug-likeness (QED) is 0.789. The Morgan fingerprint density at radius 3 is 2.44 bits per heavy atom. The zero-order valence-corrected chi connectivity index (χ0v) is 12.6. The normalized spacial score (nSPS) is 14.4. The molecule has 1 nitrogen and oxygen atoms in total. The molecular weight excluding hydrogens is 285 g/mol. The van der Waals surface area contributed by atoms with Gasteiger partial charge in [0.15, 0.2) is 0 Å². The van der Waals surface area contributed by atoms with Gasteiger partial charge in [0.1, 0.15) is 0 Å². The van der Waals surface area contributed by atoms with Crippen LogP contribution in [-0.2, 0) is 0 Å². The summed E-state index contributed by atoms with van der Waals surface area (Å²) in [5.74, 6) is 0. The van der Waals surface area contributed by atoms with Gasteiger partial charge in [-0.1, -0.05) is 41.4 Å². The molecule has 1 aromatic heterocycles. The third-order valence-electron chi connectivity index (χ3n) is 2.96. The van der Waals surface area contributed by atoms with Crippen LogP contribution in [0.25, 0.3) is 0 Å². The highest BCUT2D eigenvalue weighted by molar-refractivity contribution is 7.14. The van der Waals surface area contributed by atoms with Crippen LogP contribution in [0.4, 0.5) is 0 Å². The van der Waals surface area contributed by atoms with Gasteiger partial charge in [-0.05, 0) is 42.5 Å². The van der Waals surface area contributed by atoms with Crippen molar-refractivity contribution in [2.24, 2.45) is 0 Å². The van der Waals surface area contributed by atoms with Crippen molar-refractivity contribution < 1.29 is 0 Å². The molecule has 0 amide bonds. The average Bonchev–Trinajstić information content (AvgIpc) is 2.76. The van der Waals surface area contributed by atoms with Crippen molar-refractivity contribution in [3.05, 3.63) is 56.2 Å². The molecule has 1 heterocycles. The molecule has 1 N–H and O–H groups in total. The van der Waals surface area contributed by atoms with Gasteiger partial charge < -0.3 is 5.32 Å². The van der Waals surface area contributed by atoms with Crippen molar-refractivity contribution in [3.63, 3.8) is 0 Å². The summed E-state index contributed by atoms with van der Waals surface area (Å²) < 4.78 is 0.823. The van der Waals surface area contributed by atoms with Crippen molar-refractivity contribution in [2.75, 3.05) is 0 Å². The minimum absolute atomic E-state index is 0.201. The predicted octanol–water partition coefficient (Wildman–Crippen LogP) is 5.47. The molecule has 0 bridgehead atoms. The molecule has 0 aliphatic carbocycles. The Morgan fingerprint density at radius 1 is 1.11 bits per heavy atom. The molecule has 2 atom stereocenters. The number of thiophene rings is 1. The fraction of sp³-hybridized carbons (Fsp3) is 0.286. The topological polar surface area (TPSA) is 12.0 Å². The highest BCUT2D eigenvalue weighted by Crippen LogP contribution is 2.28. The lowest BCUT2D eigenvalue weighted by Crippen LogP contribution is -2.22. The summed E-state index contributed by atoms with van der Waals surface area (Å²) >= 11 is 13.7. The summed E-state index contributed by atoms with van der Waals surface area (Å²) in [7, 11) is 0. The van der Waals surface area contributed by atoms with Gasteiger partial charge in [-0.2, -0.15) is 0 Å². The SMILES string of the molecule is CC(N[C@H](C)c1ccccc1Cl)c1csc(Cl)c1. The highest BCUT2D eigenvalue weighted by atomic mass is 35.5. The van der Waals surface area contributed by atoms with E-state index in [4.69, 9.17) is 23.2 Å². The predicted molar refractivity (Wildman–Crippen MR) is 80.7 cm³/mol. The van der Waals surface area contributed by atoms with Gasteiger partial charge in [0.05, 0.1) is 4.34 Å². The van der Waals surface area contributed by atoms with Gasteiger partial charge in [0, 0.05) is 17.1 Å².